The van der Waals surface area contributed by atoms with E-state index in [4.69, 9.17) is 5.73 Å². The van der Waals surface area contributed by atoms with Crippen LogP contribution in [0.25, 0.3) is 0 Å². The van der Waals surface area contributed by atoms with Gasteiger partial charge in [0.15, 0.2) is 4.90 Å². The van der Waals surface area contributed by atoms with Crippen molar-refractivity contribution in [2.24, 2.45) is 5.92 Å². The standard InChI is InChI=1S/C13H19N3O4S/c1-2-15(9-10-4-3-5-10)21(19,20)13-8-11(14)6-7-12(13)16(17)18/h6-8,10H,2-5,9,14H2,1H3. The van der Waals surface area contributed by atoms with E-state index >= 15 is 0 Å². The maximum Gasteiger partial charge on any atom is 0.289 e. The topological polar surface area (TPSA) is 107 Å². The zero-order chi connectivity index (χ0) is 15.6. The molecule has 1 saturated carbocycles. The van der Waals surface area contributed by atoms with Crippen LogP contribution >= 0.6 is 0 Å². The van der Waals surface area contributed by atoms with E-state index in [-0.39, 0.29) is 17.1 Å². The van der Waals surface area contributed by atoms with Gasteiger partial charge in [-0.3, -0.25) is 10.1 Å². The number of nitrogens with two attached hydrogens (primary N) is 1. The van der Waals surface area contributed by atoms with Crippen LogP contribution in [0.4, 0.5) is 11.4 Å². The van der Waals surface area contributed by atoms with Gasteiger partial charge < -0.3 is 5.73 Å². The molecule has 21 heavy (non-hydrogen) atoms. The molecular formula is C13H19N3O4S. The van der Waals surface area contributed by atoms with Gasteiger partial charge in [0.25, 0.3) is 5.69 Å². The Morgan fingerprint density at radius 2 is 2.10 bits per heavy atom. The van der Waals surface area contributed by atoms with Gasteiger partial charge >= 0.3 is 0 Å². The van der Waals surface area contributed by atoms with Crippen molar-refractivity contribution >= 4 is 21.4 Å². The predicted molar refractivity (Wildman–Crippen MR) is 79.3 cm³/mol. The van der Waals surface area contributed by atoms with Crippen LogP contribution in [-0.4, -0.2) is 30.7 Å². The third-order valence-corrected chi connectivity index (χ3v) is 5.81. The summed E-state index contributed by atoms with van der Waals surface area (Å²) in [6.45, 7) is 2.42. The van der Waals surface area contributed by atoms with Crippen LogP contribution in [0.5, 0.6) is 0 Å². The first kappa shape index (κ1) is 15.7. The number of hydrogen-bond donors (Lipinski definition) is 1. The summed E-state index contributed by atoms with van der Waals surface area (Å²) < 4.78 is 26.7. The van der Waals surface area contributed by atoms with Crippen molar-refractivity contribution in [3.63, 3.8) is 0 Å². The molecule has 1 aliphatic rings. The number of nitro groups is 1. The molecule has 0 heterocycles. The highest BCUT2D eigenvalue weighted by Gasteiger charge is 2.33. The lowest BCUT2D eigenvalue weighted by molar-refractivity contribution is -0.387. The Morgan fingerprint density at radius 3 is 2.57 bits per heavy atom. The Kier molecular flexibility index (Phi) is 4.48. The summed E-state index contributed by atoms with van der Waals surface area (Å²) in [5.41, 5.74) is 5.36. The van der Waals surface area contributed by atoms with E-state index in [1.54, 1.807) is 6.92 Å². The molecule has 0 amide bonds. The van der Waals surface area contributed by atoms with Crippen LogP contribution in [0.2, 0.25) is 0 Å². The molecule has 0 radical (unpaired) electrons. The highest BCUT2D eigenvalue weighted by Crippen LogP contribution is 2.32. The fourth-order valence-electron chi connectivity index (χ4n) is 2.39. The Balaban J connectivity index is 2.41. The highest BCUT2D eigenvalue weighted by atomic mass is 32.2. The summed E-state index contributed by atoms with van der Waals surface area (Å²) in [4.78, 5) is 10.0. The number of benzene rings is 1. The molecule has 1 aromatic rings. The second-order valence-electron chi connectivity index (χ2n) is 5.24. The summed E-state index contributed by atoms with van der Waals surface area (Å²) in [6.07, 6.45) is 3.12. The lowest BCUT2D eigenvalue weighted by Gasteiger charge is -2.31. The summed E-state index contributed by atoms with van der Waals surface area (Å²) in [5.74, 6) is 0.347. The van der Waals surface area contributed by atoms with Crippen molar-refractivity contribution in [1.82, 2.24) is 4.31 Å². The summed E-state index contributed by atoms with van der Waals surface area (Å²) in [6, 6.07) is 3.63. The Labute approximate surface area is 123 Å². The second-order valence-corrected chi connectivity index (χ2v) is 7.14. The van der Waals surface area contributed by atoms with Crippen molar-refractivity contribution in [1.29, 1.82) is 0 Å². The molecule has 1 fully saturated rings. The van der Waals surface area contributed by atoms with Gasteiger partial charge in [0.1, 0.15) is 0 Å². The largest absolute Gasteiger partial charge is 0.399 e. The summed E-state index contributed by atoms with van der Waals surface area (Å²) in [7, 11) is -3.91. The number of nitrogen functional groups attached to an aromatic ring is 1. The molecule has 0 aromatic heterocycles. The maximum atomic E-state index is 12.7. The zero-order valence-electron chi connectivity index (χ0n) is 11.9. The number of nitro benzene ring substituents is 1. The number of hydrogen-bond acceptors (Lipinski definition) is 5. The first-order valence-corrected chi connectivity index (χ1v) is 8.34. The van der Waals surface area contributed by atoms with E-state index in [9.17, 15) is 18.5 Å². The molecule has 0 bridgehead atoms. The molecule has 0 saturated heterocycles. The molecule has 0 atom stereocenters. The SMILES string of the molecule is CCN(CC1CCC1)S(=O)(=O)c1cc(N)ccc1[N+](=O)[O-]. The smallest absolute Gasteiger partial charge is 0.289 e. The summed E-state index contributed by atoms with van der Waals surface area (Å²) >= 11 is 0. The monoisotopic (exact) mass is 313 g/mol. The maximum absolute atomic E-state index is 12.7. The molecule has 2 rings (SSSR count). The van der Waals surface area contributed by atoms with E-state index < -0.39 is 20.6 Å². The summed E-state index contributed by atoms with van der Waals surface area (Å²) in [5, 5.41) is 11.1. The van der Waals surface area contributed by atoms with Crippen molar-refractivity contribution in [2.45, 2.75) is 31.1 Å². The van der Waals surface area contributed by atoms with Crippen molar-refractivity contribution < 1.29 is 13.3 Å². The van der Waals surface area contributed by atoms with E-state index in [2.05, 4.69) is 0 Å². The molecule has 116 valence electrons. The lowest BCUT2D eigenvalue weighted by Crippen LogP contribution is -2.37. The second kappa shape index (κ2) is 5.98. The van der Waals surface area contributed by atoms with E-state index in [0.717, 1.165) is 31.4 Å². The zero-order valence-corrected chi connectivity index (χ0v) is 12.7. The molecule has 8 heteroatoms. The Morgan fingerprint density at radius 1 is 1.43 bits per heavy atom. The molecule has 7 nitrogen and oxygen atoms in total. The molecular weight excluding hydrogens is 294 g/mol. The van der Waals surface area contributed by atoms with Crippen molar-refractivity contribution in [3.05, 3.63) is 28.3 Å². The van der Waals surface area contributed by atoms with Gasteiger partial charge in [0.05, 0.1) is 4.92 Å². The Bertz CT molecular complexity index is 641. The first-order chi connectivity index (χ1) is 9.86. The van der Waals surface area contributed by atoms with Gasteiger partial charge in [-0.15, -0.1) is 0 Å². The normalized spacial score (nSPS) is 15.9. The lowest BCUT2D eigenvalue weighted by atomic mass is 9.85. The van der Waals surface area contributed by atoms with Gasteiger partial charge in [0, 0.05) is 24.8 Å². The average Bonchev–Trinajstić information content (AvgIpc) is 2.36. The van der Waals surface area contributed by atoms with Crippen LogP contribution in [-0.2, 0) is 10.0 Å². The minimum atomic E-state index is -3.91. The minimum Gasteiger partial charge on any atom is -0.399 e. The molecule has 0 spiro atoms. The molecule has 0 aliphatic heterocycles. The van der Waals surface area contributed by atoms with Crippen LogP contribution < -0.4 is 5.73 Å². The third kappa shape index (κ3) is 3.16. The first-order valence-electron chi connectivity index (χ1n) is 6.90. The molecule has 2 N–H and O–H groups in total. The molecule has 1 aromatic carbocycles. The fourth-order valence-corrected chi connectivity index (χ4v) is 4.10. The quantitative estimate of drug-likeness (QED) is 0.491. The van der Waals surface area contributed by atoms with Gasteiger partial charge in [-0.25, -0.2) is 8.42 Å². The molecule has 0 unspecified atom stereocenters. The third-order valence-electron chi connectivity index (χ3n) is 3.84. The Hall–Kier alpha value is -1.67. The van der Waals surface area contributed by atoms with Crippen LogP contribution in [0, 0.1) is 16.0 Å². The van der Waals surface area contributed by atoms with Gasteiger partial charge in [-0.1, -0.05) is 13.3 Å². The van der Waals surface area contributed by atoms with E-state index in [0.29, 0.717) is 12.5 Å². The van der Waals surface area contributed by atoms with E-state index in [1.165, 1.54) is 10.4 Å². The van der Waals surface area contributed by atoms with Crippen LogP contribution in [0.1, 0.15) is 26.2 Å². The number of nitrogens with zero attached hydrogens (tertiary/aromatic N) is 2. The van der Waals surface area contributed by atoms with Gasteiger partial charge in [0.2, 0.25) is 10.0 Å². The van der Waals surface area contributed by atoms with Gasteiger partial charge in [-0.2, -0.15) is 4.31 Å². The number of anilines is 1. The molecule has 1 aliphatic carbocycles. The number of rotatable bonds is 6. The predicted octanol–water partition coefficient (Wildman–Crippen LogP) is 1.99. The number of sulfonamides is 1. The minimum absolute atomic E-state index is 0.193. The fraction of sp³-hybridized carbons (Fsp3) is 0.538. The average molecular weight is 313 g/mol. The van der Waals surface area contributed by atoms with Crippen molar-refractivity contribution in [2.75, 3.05) is 18.8 Å². The van der Waals surface area contributed by atoms with Crippen molar-refractivity contribution in [3.8, 4) is 0 Å². The van der Waals surface area contributed by atoms with Gasteiger partial charge in [-0.05, 0) is 30.9 Å². The highest BCUT2D eigenvalue weighted by molar-refractivity contribution is 7.89. The van der Waals surface area contributed by atoms with Crippen LogP contribution in [0.3, 0.4) is 0 Å². The van der Waals surface area contributed by atoms with Crippen LogP contribution in [0.15, 0.2) is 23.1 Å². The van der Waals surface area contributed by atoms with E-state index in [1.807, 2.05) is 0 Å².